The molecule has 7 nitrogen and oxygen atoms in total. The summed E-state index contributed by atoms with van der Waals surface area (Å²) in [6, 6.07) is 8.30. The first-order chi connectivity index (χ1) is 15.1. The summed E-state index contributed by atoms with van der Waals surface area (Å²) < 4.78 is 1.53. The molecule has 0 aliphatic carbocycles. The number of piperidine rings is 1. The van der Waals surface area contributed by atoms with Crippen molar-refractivity contribution in [2.45, 2.75) is 71.0 Å². The number of carbonyl (C=O) groups is 3. The summed E-state index contributed by atoms with van der Waals surface area (Å²) >= 11 is 0. The van der Waals surface area contributed by atoms with Crippen molar-refractivity contribution in [3.63, 3.8) is 0 Å². The smallest absolute Gasteiger partial charge is 0.253 e. The molecule has 2 N–H and O–H groups in total. The van der Waals surface area contributed by atoms with E-state index in [1.807, 2.05) is 45.0 Å². The molecule has 2 aliphatic heterocycles. The second-order valence-electron chi connectivity index (χ2n) is 10.4. The van der Waals surface area contributed by atoms with Crippen molar-refractivity contribution in [2.24, 2.45) is 5.92 Å². The lowest BCUT2D eigenvalue weighted by Crippen LogP contribution is -2.52. The van der Waals surface area contributed by atoms with E-state index in [9.17, 15) is 14.4 Å². The molecule has 2 saturated heterocycles. The first-order valence-electron chi connectivity index (χ1n) is 11.6. The van der Waals surface area contributed by atoms with Gasteiger partial charge in [-0.05, 0) is 58.4 Å². The molecule has 2 aliphatic rings. The fourth-order valence-electron chi connectivity index (χ4n) is 5.39. The van der Waals surface area contributed by atoms with Crippen molar-refractivity contribution >= 4 is 28.6 Å². The molecule has 0 saturated carbocycles. The summed E-state index contributed by atoms with van der Waals surface area (Å²) in [6.07, 6.45) is 5.86. The van der Waals surface area contributed by atoms with E-state index in [2.05, 4.69) is 15.5 Å². The van der Waals surface area contributed by atoms with E-state index in [1.54, 1.807) is 6.20 Å². The van der Waals surface area contributed by atoms with E-state index >= 15 is 0 Å². The number of para-hydroxylation sites is 1. The Morgan fingerprint density at radius 3 is 2.34 bits per heavy atom. The number of benzene rings is 1. The van der Waals surface area contributed by atoms with Crippen molar-refractivity contribution in [2.75, 3.05) is 13.1 Å². The number of rotatable bonds is 5. The standard InChI is InChI=1S/C25H34N4O3/c1-16(30)28-14-21(20-7-5-6-8-22(20)28)24(32)26-13-17-11-18-9-10-19(12-17)29(18)15-23(31)27-25(2,3)4/h5-8,14,17-19H,9-13,15H2,1-4H3,(H,26,32)(H,27,31). The second-order valence-corrected chi connectivity index (χ2v) is 10.4. The minimum Gasteiger partial charge on any atom is -0.352 e. The molecule has 2 aromatic rings. The SMILES string of the molecule is CC(=O)n1cc(C(=O)NCC2CC3CCC(C2)N3CC(=O)NC(C)(C)C)c2ccccc21. The highest BCUT2D eigenvalue weighted by atomic mass is 16.2. The molecule has 7 heteroatoms. The van der Waals surface area contributed by atoms with Crippen LogP contribution in [0.2, 0.25) is 0 Å². The van der Waals surface area contributed by atoms with E-state index in [0.29, 0.717) is 36.7 Å². The third-order valence-electron chi connectivity index (χ3n) is 6.67. The molecule has 172 valence electrons. The molecule has 2 atom stereocenters. The van der Waals surface area contributed by atoms with Gasteiger partial charge in [0.05, 0.1) is 17.6 Å². The summed E-state index contributed by atoms with van der Waals surface area (Å²) in [4.78, 5) is 39.7. The van der Waals surface area contributed by atoms with Crippen molar-refractivity contribution < 1.29 is 14.4 Å². The van der Waals surface area contributed by atoms with E-state index < -0.39 is 0 Å². The maximum atomic E-state index is 13.0. The Kier molecular flexibility index (Phi) is 6.12. The first kappa shape index (κ1) is 22.5. The zero-order chi connectivity index (χ0) is 23.0. The van der Waals surface area contributed by atoms with Gasteiger partial charge in [-0.2, -0.15) is 0 Å². The number of hydrogen-bond acceptors (Lipinski definition) is 4. The van der Waals surface area contributed by atoms with Gasteiger partial charge in [0.2, 0.25) is 11.8 Å². The number of fused-ring (bicyclic) bond motifs is 3. The molecule has 32 heavy (non-hydrogen) atoms. The van der Waals surface area contributed by atoms with E-state index in [0.717, 1.165) is 36.6 Å². The largest absolute Gasteiger partial charge is 0.352 e. The van der Waals surface area contributed by atoms with Crippen LogP contribution in [-0.2, 0) is 4.79 Å². The van der Waals surface area contributed by atoms with Gasteiger partial charge in [0.15, 0.2) is 0 Å². The molecule has 4 rings (SSSR count). The van der Waals surface area contributed by atoms with Crippen LogP contribution in [0.4, 0.5) is 0 Å². The van der Waals surface area contributed by atoms with Gasteiger partial charge in [-0.3, -0.25) is 23.9 Å². The highest BCUT2D eigenvalue weighted by molar-refractivity contribution is 6.09. The predicted octanol–water partition coefficient (Wildman–Crippen LogP) is 3.19. The summed E-state index contributed by atoms with van der Waals surface area (Å²) in [6.45, 7) is 8.58. The molecule has 1 aromatic carbocycles. The Hall–Kier alpha value is -2.67. The Balaban J connectivity index is 1.36. The highest BCUT2D eigenvalue weighted by Gasteiger charge is 2.41. The fourth-order valence-corrected chi connectivity index (χ4v) is 5.39. The Bertz CT molecular complexity index is 1020. The van der Waals surface area contributed by atoms with E-state index in [4.69, 9.17) is 0 Å². The van der Waals surface area contributed by atoms with Crippen molar-refractivity contribution in [1.82, 2.24) is 20.1 Å². The van der Waals surface area contributed by atoms with Crippen LogP contribution in [0.3, 0.4) is 0 Å². The number of aromatic nitrogens is 1. The minimum atomic E-state index is -0.218. The topological polar surface area (TPSA) is 83.4 Å². The number of amides is 2. The van der Waals surface area contributed by atoms with Crippen LogP contribution < -0.4 is 10.6 Å². The molecule has 2 bridgehead atoms. The third kappa shape index (κ3) is 4.72. The summed E-state index contributed by atoms with van der Waals surface area (Å²) in [5.41, 5.74) is 1.07. The summed E-state index contributed by atoms with van der Waals surface area (Å²) in [7, 11) is 0. The molecule has 1 aromatic heterocycles. The molecule has 3 heterocycles. The molecule has 0 radical (unpaired) electrons. The second kappa shape index (κ2) is 8.70. The van der Waals surface area contributed by atoms with Crippen LogP contribution in [0.1, 0.15) is 68.5 Å². The normalized spacial score (nSPS) is 23.3. The van der Waals surface area contributed by atoms with Crippen LogP contribution in [0.15, 0.2) is 30.5 Å². The van der Waals surface area contributed by atoms with Crippen molar-refractivity contribution in [3.05, 3.63) is 36.0 Å². The predicted molar refractivity (Wildman–Crippen MR) is 125 cm³/mol. The van der Waals surface area contributed by atoms with E-state index in [-0.39, 0.29) is 23.3 Å². The number of hydrogen-bond donors (Lipinski definition) is 2. The molecule has 2 amide bonds. The molecule has 2 fully saturated rings. The van der Waals surface area contributed by atoms with Gasteiger partial charge < -0.3 is 10.6 Å². The molecular formula is C25H34N4O3. The van der Waals surface area contributed by atoms with Gasteiger partial charge in [-0.1, -0.05) is 18.2 Å². The maximum absolute atomic E-state index is 13.0. The Labute approximate surface area is 189 Å². The summed E-state index contributed by atoms with van der Waals surface area (Å²) in [5, 5.41) is 6.96. The average Bonchev–Trinajstić information content (AvgIpc) is 3.19. The quantitative estimate of drug-likeness (QED) is 0.751. The van der Waals surface area contributed by atoms with Crippen LogP contribution in [0.5, 0.6) is 0 Å². The summed E-state index contributed by atoms with van der Waals surface area (Å²) in [5.74, 6) is 0.239. The number of nitrogens with zero attached hydrogens (tertiary/aromatic N) is 2. The lowest BCUT2D eigenvalue weighted by atomic mass is 9.90. The fraction of sp³-hybridized carbons (Fsp3) is 0.560. The van der Waals surface area contributed by atoms with Gasteiger partial charge in [-0.25, -0.2) is 0 Å². The van der Waals surface area contributed by atoms with Crippen LogP contribution in [-0.4, -0.2) is 57.9 Å². The monoisotopic (exact) mass is 438 g/mol. The third-order valence-corrected chi connectivity index (χ3v) is 6.67. The lowest BCUT2D eigenvalue weighted by Gasteiger charge is -2.39. The van der Waals surface area contributed by atoms with Crippen LogP contribution >= 0.6 is 0 Å². The number of carbonyl (C=O) groups excluding carboxylic acids is 3. The van der Waals surface area contributed by atoms with E-state index in [1.165, 1.54) is 11.5 Å². The first-order valence-corrected chi connectivity index (χ1v) is 11.6. The van der Waals surface area contributed by atoms with Crippen LogP contribution in [0.25, 0.3) is 10.9 Å². The Morgan fingerprint density at radius 1 is 1.06 bits per heavy atom. The van der Waals surface area contributed by atoms with Gasteiger partial charge in [0.1, 0.15) is 0 Å². The van der Waals surface area contributed by atoms with Gasteiger partial charge in [-0.15, -0.1) is 0 Å². The van der Waals surface area contributed by atoms with Crippen molar-refractivity contribution in [1.29, 1.82) is 0 Å². The van der Waals surface area contributed by atoms with Crippen LogP contribution in [0, 0.1) is 5.92 Å². The van der Waals surface area contributed by atoms with Crippen molar-refractivity contribution in [3.8, 4) is 0 Å². The minimum absolute atomic E-state index is 0.0861. The lowest BCUT2D eigenvalue weighted by molar-refractivity contribution is -0.125. The Morgan fingerprint density at radius 2 is 1.72 bits per heavy atom. The molecular weight excluding hydrogens is 404 g/mol. The van der Waals surface area contributed by atoms with Gasteiger partial charge >= 0.3 is 0 Å². The molecule has 2 unspecified atom stereocenters. The van der Waals surface area contributed by atoms with Gasteiger partial charge in [0.25, 0.3) is 5.91 Å². The average molecular weight is 439 g/mol. The van der Waals surface area contributed by atoms with Gasteiger partial charge in [0, 0.05) is 42.7 Å². The molecule has 0 spiro atoms. The number of nitrogens with one attached hydrogen (secondary N) is 2. The highest BCUT2D eigenvalue weighted by Crippen LogP contribution is 2.38. The zero-order valence-corrected chi connectivity index (χ0v) is 19.5. The zero-order valence-electron chi connectivity index (χ0n) is 19.5. The maximum Gasteiger partial charge on any atom is 0.253 e.